The van der Waals surface area contributed by atoms with Crippen LogP contribution in [0.3, 0.4) is 0 Å². The molecule has 1 aliphatic heterocycles. The summed E-state index contributed by atoms with van der Waals surface area (Å²) in [5.74, 6) is 1.07. The van der Waals surface area contributed by atoms with Gasteiger partial charge in [-0.3, -0.25) is 9.79 Å². The molecule has 0 spiro atoms. The van der Waals surface area contributed by atoms with E-state index in [9.17, 15) is 4.79 Å². The lowest BCUT2D eigenvalue weighted by atomic mass is 9.91. The van der Waals surface area contributed by atoms with Gasteiger partial charge in [0.25, 0.3) is 0 Å². The zero-order valence-corrected chi connectivity index (χ0v) is 22.2. The van der Waals surface area contributed by atoms with Gasteiger partial charge < -0.3 is 20.9 Å². The van der Waals surface area contributed by atoms with Crippen LogP contribution in [0, 0.1) is 0 Å². The van der Waals surface area contributed by atoms with Gasteiger partial charge >= 0.3 is 0 Å². The molecule has 0 bridgehead atoms. The van der Waals surface area contributed by atoms with Crippen LogP contribution in [-0.4, -0.2) is 54.5 Å². The highest BCUT2D eigenvalue weighted by atomic mass is 127. The highest BCUT2D eigenvalue weighted by Crippen LogP contribution is 2.22. The van der Waals surface area contributed by atoms with Crippen molar-refractivity contribution in [2.45, 2.75) is 77.9 Å². The number of amides is 1. The summed E-state index contributed by atoms with van der Waals surface area (Å²) < 4.78 is 0. The number of nitrogens with zero attached hydrogens (tertiary/aromatic N) is 2. The Labute approximate surface area is 206 Å². The molecule has 1 aromatic rings. The van der Waals surface area contributed by atoms with Crippen molar-refractivity contribution >= 4 is 35.8 Å². The Morgan fingerprint density at radius 1 is 1.19 bits per heavy atom. The van der Waals surface area contributed by atoms with Gasteiger partial charge in [-0.05, 0) is 38.7 Å². The molecule has 1 aliphatic rings. The van der Waals surface area contributed by atoms with E-state index in [-0.39, 0.29) is 47.5 Å². The number of hydrogen-bond donors (Lipinski definition) is 3. The lowest BCUT2D eigenvalue weighted by molar-refractivity contribution is -0.129. The van der Waals surface area contributed by atoms with E-state index in [1.165, 1.54) is 5.56 Å². The maximum atomic E-state index is 12.0. The minimum Gasteiger partial charge on any atom is -0.357 e. The van der Waals surface area contributed by atoms with Crippen LogP contribution in [0.25, 0.3) is 0 Å². The van der Waals surface area contributed by atoms with Gasteiger partial charge in [0.05, 0.1) is 6.54 Å². The molecule has 1 heterocycles. The topological polar surface area (TPSA) is 68.8 Å². The van der Waals surface area contributed by atoms with Crippen LogP contribution in [0.15, 0.2) is 35.3 Å². The molecule has 2 atom stereocenters. The second-order valence-electron chi connectivity index (χ2n) is 8.28. The molecule has 1 fully saturated rings. The molecule has 6 nitrogen and oxygen atoms in total. The summed E-state index contributed by atoms with van der Waals surface area (Å²) in [4.78, 5) is 18.9. The number of rotatable bonds is 10. The van der Waals surface area contributed by atoms with E-state index in [0.29, 0.717) is 13.0 Å². The van der Waals surface area contributed by atoms with Crippen molar-refractivity contribution < 1.29 is 4.79 Å². The van der Waals surface area contributed by atoms with Crippen molar-refractivity contribution in [3.05, 3.63) is 35.9 Å². The largest absolute Gasteiger partial charge is 0.357 e. The Morgan fingerprint density at radius 2 is 1.87 bits per heavy atom. The number of benzene rings is 1. The molecule has 3 N–H and O–H groups in total. The highest BCUT2D eigenvalue weighted by molar-refractivity contribution is 14.0. The van der Waals surface area contributed by atoms with Crippen molar-refractivity contribution in [3.8, 4) is 0 Å². The molecule has 0 radical (unpaired) electrons. The molecule has 2 rings (SSSR count). The highest BCUT2D eigenvalue weighted by Gasteiger charge is 2.29. The van der Waals surface area contributed by atoms with E-state index in [4.69, 9.17) is 4.99 Å². The van der Waals surface area contributed by atoms with Crippen LogP contribution in [0.4, 0.5) is 0 Å². The lowest BCUT2D eigenvalue weighted by Crippen LogP contribution is -2.50. The monoisotopic (exact) mass is 543 g/mol. The molecule has 0 saturated carbocycles. The van der Waals surface area contributed by atoms with Crippen LogP contribution in [0.1, 0.15) is 71.9 Å². The van der Waals surface area contributed by atoms with Gasteiger partial charge in [0.2, 0.25) is 5.91 Å². The molecule has 1 saturated heterocycles. The molecule has 1 aromatic carbocycles. The van der Waals surface area contributed by atoms with E-state index in [1.54, 1.807) is 0 Å². The number of carbonyl (C=O) groups is 1. The number of aliphatic imine (C=N–C) groups is 1. The summed E-state index contributed by atoms with van der Waals surface area (Å²) in [6.45, 7) is 13.8. The molecule has 176 valence electrons. The Kier molecular flexibility index (Phi) is 12.4. The van der Waals surface area contributed by atoms with E-state index in [0.717, 1.165) is 44.9 Å². The minimum absolute atomic E-state index is 0. The van der Waals surface area contributed by atoms with Gasteiger partial charge in [0, 0.05) is 43.7 Å². The molecular weight excluding hydrogens is 501 g/mol. The van der Waals surface area contributed by atoms with Crippen LogP contribution < -0.4 is 16.0 Å². The fourth-order valence-electron chi connectivity index (χ4n) is 4.08. The lowest BCUT2D eigenvalue weighted by Gasteiger charge is -2.35. The summed E-state index contributed by atoms with van der Waals surface area (Å²) in [7, 11) is 0. The van der Waals surface area contributed by atoms with Gasteiger partial charge in [-0.1, -0.05) is 51.1 Å². The second-order valence-corrected chi connectivity index (χ2v) is 8.28. The smallest absolute Gasteiger partial charge is 0.222 e. The number of hydrogen-bond acceptors (Lipinski definition) is 3. The molecule has 1 amide bonds. The van der Waals surface area contributed by atoms with Gasteiger partial charge in [-0.2, -0.15) is 0 Å². The first-order valence-electron chi connectivity index (χ1n) is 11.6. The second kappa shape index (κ2) is 13.9. The fourth-order valence-corrected chi connectivity index (χ4v) is 4.08. The van der Waals surface area contributed by atoms with Gasteiger partial charge in [0.15, 0.2) is 5.96 Å². The summed E-state index contributed by atoms with van der Waals surface area (Å²) in [6.07, 6.45) is 3.55. The SMILES string of the molecule is CCNC(=NCC(CC)(CC)NC(C)c1ccccc1)NC1CCN(C(=O)CC)C1.I. The normalized spacial score (nSPS) is 17.8. The Morgan fingerprint density at radius 3 is 2.45 bits per heavy atom. The average molecular weight is 544 g/mol. The first-order chi connectivity index (χ1) is 14.5. The van der Waals surface area contributed by atoms with E-state index < -0.39 is 0 Å². The Hall–Kier alpha value is -1.35. The van der Waals surface area contributed by atoms with E-state index >= 15 is 0 Å². The fraction of sp³-hybridized carbons (Fsp3) is 0.667. The van der Waals surface area contributed by atoms with Crippen LogP contribution in [-0.2, 0) is 4.79 Å². The van der Waals surface area contributed by atoms with Crippen molar-refractivity contribution in [3.63, 3.8) is 0 Å². The number of likely N-dealkylation sites (tertiary alicyclic amines) is 1. The quantitative estimate of drug-likeness (QED) is 0.237. The average Bonchev–Trinajstić information content (AvgIpc) is 3.25. The van der Waals surface area contributed by atoms with E-state index in [1.807, 2.05) is 11.8 Å². The van der Waals surface area contributed by atoms with Crippen molar-refractivity contribution in [1.29, 1.82) is 0 Å². The molecule has 0 aliphatic carbocycles. The summed E-state index contributed by atoms with van der Waals surface area (Å²) in [5, 5.41) is 10.8. The third kappa shape index (κ3) is 8.25. The number of halogens is 1. The third-order valence-corrected chi connectivity index (χ3v) is 6.24. The zero-order valence-electron chi connectivity index (χ0n) is 19.9. The van der Waals surface area contributed by atoms with Crippen molar-refractivity contribution in [2.24, 2.45) is 4.99 Å². The van der Waals surface area contributed by atoms with Gasteiger partial charge in [-0.15, -0.1) is 24.0 Å². The van der Waals surface area contributed by atoms with Crippen LogP contribution in [0.5, 0.6) is 0 Å². The first kappa shape index (κ1) is 27.7. The predicted molar refractivity (Wildman–Crippen MR) is 141 cm³/mol. The molecule has 7 heteroatoms. The predicted octanol–water partition coefficient (Wildman–Crippen LogP) is 4.08. The van der Waals surface area contributed by atoms with Gasteiger partial charge in [-0.25, -0.2) is 0 Å². The van der Waals surface area contributed by atoms with E-state index in [2.05, 4.69) is 74.0 Å². The Balaban J connectivity index is 0.00000480. The standard InChI is InChI=1S/C24H41N5O.HI/c1-6-22(30)29-16-15-21(17-29)27-23(25-9-4)26-18-24(7-2,8-3)28-19(5)20-13-11-10-12-14-20;/h10-14,19,21,28H,6-9,15-18H2,1-5H3,(H2,25,26,27);1H. The third-order valence-electron chi connectivity index (χ3n) is 6.24. The molecule has 31 heavy (non-hydrogen) atoms. The van der Waals surface area contributed by atoms with Crippen molar-refractivity contribution in [2.75, 3.05) is 26.2 Å². The molecular formula is C24H42IN5O. The van der Waals surface area contributed by atoms with Crippen molar-refractivity contribution in [1.82, 2.24) is 20.9 Å². The first-order valence-corrected chi connectivity index (χ1v) is 11.6. The van der Waals surface area contributed by atoms with Gasteiger partial charge in [0.1, 0.15) is 0 Å². The number of carbonyl (C=O) groups excluding carboxylic acids is 1. The van der Waals surface area contributed by atoms with Crippen LogP contribution >= 0.6 is 24.0 Å². The number of nitrogens with one attached hydrogen (secondary N) is 3. The molecule has 2 unspecified atom stereocenters. The maximum Gasteiger partial charge on any atom is 0.222 e. The summed E-state index contributed by atoms with van der Waals surface area (Å²) in [6, 6.07) is 11.1. The van der Waals surface area contributed by atoms with Crippen LogP contribution in [0.2, 0.25) is 0 Å². The summed E-state index contributed by atoms with van der Waals surface area (Å²) >= 11 is 0. The zero-order chi connectivity index (χ0) is 22.0. The maximum absolute atomic E-state index is 12.0. The Bertz CT molecular complexity index is 678. The molecule has 0 aromatic heterocycles. The minimum atomic E-state index is -0.0580. The summed E-state index contributed by atoms with van der Waals surface area (Å²) in [5.41, 5.74) is 1.24. The number of guanidine groups is 1.